The number of fused-ring (bicyclic) bond motifs is 2. The second kappa shape index (κ2) is 6.20. The predicted octanol–water partition coefficient (Wildman–Crippen LogP) is 4.89. The van der Waals surface area contributed by atoms with Gasteiger partial charge < -0.3 is 4.90 Å². The molecule has 0 fully saturated rings. The van der Waals surface area contributed by atoms with Crippen LogP contribution < -0.4 is 4.90 Å². The van der Waals surface area contributed by atoms with Gasteiger partial charge >= 0.3 is 0 Å². The third kappa shape index (κ3) is 2.75. The summed E-state index contributed by atoms with van der Waals surface area (Å²) in [6, 6.07) is 11.4. The Hall–Kier alpha value is -2.75. The quantitative estimate of drug-likeness (QED) is 0.627. The molecular weight excluding hydrogens is 327 g/mol. The third-order valence-electron chi connectivity index (χ3n) is 5.02. The number of halogens is 1. The molecule has 0 bridgehead atoms. The van der Waals surface area contributed by atoms with E-state index in [1.165, 1.54) is 6.07 Å². The van der Waals surface area contributed by atoms with Crippen molar-refractivity contribution in [1.29, 1.82) is 0 Å². The number of hydrogen-bond acceptors (Lipinski definition) is 2. The van der Waals surface area contributed by atoms with Crippen LogP contribution in [0.5, 0.6) is 0 Å². The van der Waals surface area contributed by atoms with Gasteiger partial charge in [0.05, 0.1) is 22.5 Å². The summed E-state index contributed by atoms with van der Waals surface area (Å²) in [6.07, 6.45) is 1.63. The molecule has 4 rings (SSSR count). The number of benzene rings is 2. The fraction of sp³-hybridized carbons (Fsp3) is 0.273. The molecule has 0 aliphatic carbocycles. The molecule has 1 aliphatic rings. The van der Waals surface area contributed by atoms with Gasteiger partial charge in [-0.05, 0) is 69.0 Å². The van der Waals surface area contributed by atoms with Crippen LogP contribution in [0.25, 0.3) is 10.9 Å². The molecule has 1 aromatic heterocycles. The van der Waals surface area contributed by atoms with Crippen molar-refractivity contribution in [2.45, 2.75) is 33.6 Å². The van der Waals surface area contributed by atoms with E-state index < -0.39 is 0 Å². The Labute approximate surface area is 152 Å². The number of hydrogen-bond donors (Lipinski definition) is 0. The topological polar surface area (TPSA) is 33.2 Å². The Morgan fingerprint density at radius 1 is 1.08 bits per heavy atom. The first-order valence-electron chi connectivity index (χ1n) is 8.93. The fourth-order valence-electron chi connectivity index (χ4n) is 3.80. The van der Waals surface area contributed by atoms with Crippen LogP contribution in [0.2, 0.25) is 0 Å². The van der Waals surface area contributed by atoms with Crippen molar-refractivity contribution in [2.24, 2.45) is 0 Å². The summed E-state index contributed by atoms with van der Waals surface area (Å²) in [5, 5.41) is 0.931. The van der Waals surface area contributed by atoms with E-state index in [4.69, 9.17) is 0 Å². The molecule has 4 heteroatoms. The minimum Gasteiger partial charge on any atom is -0.305 e. The fourth-order valence-corrected chi connectivity index (χ4v) is 3.80. The number of anilines is 1. The van der Waals surface area contributed by atoms with Crippen LogP contribution in [0.3, 0.4) is 0 Å². The van der Waals surface area contributed by atoms with Crippen LogP contribution in [-0.2, 0) is 6.42 Å². The van der Waals surface area contributed by atoms with E-state index in [0.717, 1.165) is 40.4 Å². The molecular formula is C22H21FN2O. The van der Waals surface area contributed by atoms with Gasteiger partial charge in [-0.2, -0.15) is 0 Å². The number of amides is 1. The average molecular weight is 348 g/mol. The van der Waals surface area contributed by atoms with E-state index in [-0.39, 0.29) is 11.7 Å². The number of aromatic nitrogens is 1. The number of rotatable bonds is 1. The number of nitrogens with zero attached hydrogens (tertiary/aromatic N) is 2. The molecule has 2 aromatic carbocycles. The maximum atomic E-state index is 14.7. The van der Waals surface area contributed by atoms with E-state index in [1.54, 1.807) is 4.90 Å². The lowest BCUT2D eigenvalue weighted by Gasteiger charge is -2.30. The molecule has 0 unspecified atom stereocenters. The minimum absolute atomic E-state index is 0.179. The van der Waals surface area contributed by atoms with Gasteiger partial charge in [0, 0.05) is 11.9 Å². The molecule has 3 aromatic rings. The number of carbonyl (C=O) groups excluding carboxylic acids is 1. The minimum atomic E-state index is -0.324. The van der Waals surface area contributed by atoms with Gasteiger partial charge in [-0.25, -0.2) is 4.39 Å². The smallest absolute Gasteiger partial charge is 0.260 e. The molecule has 1 amide bonds. The van der Waals surface area contributed by atoms with Crippen molar-refractivity contribution in [3.8, 4) is 0 Å². The molecule has 132 valence electrons. The van der Waals surface area contributed by atoms with Crippen LogP contribution in [0, 0.1) is 26.6 Å². The van der Waals surface area contributed by atoms with Gasteiger partial charge in [0.25, 0.3) is 5.91 Å². The number of aryl methyl sites for hydroxylation is 4. The summed E-state index contributed by atoms with van der Waals surface area (Å²) in [5.41, 5.74) is 5.41. The Morgan fingerprint density at radius 2 is 1.88 bits per heavy atom. The second-order valence-electron chi connectivity index (χ2n) is 7.13. The first kappa shape index (κ1) is 16.7. The maximum absolute atomic E-state index is 14.7. The molecule has 0 radical (unpaired) electrons. The molecule has 3 nitrogen and oxygen atoms in total. The van der Waals surface area contributed by atoms with Crippen molar-refractivity contribution in [2.75, 3.05) is 11.4 Å². The van der Waals surface area contributed by atoms with E-state index in [0.29, 0.717) is 23.5 Å². The molecule has 0 spiro atoms. The SMILES string of the molecule is Cc1cc(F)c2c(c1)CCCN2C(=O)c1cc2cc(C)ccc2nc1C. The van der Waals surface area contributed by atoms with E-state index in [1.807, 2.05) is 51.1 Å². The molecule has 0 atom stereocenters. The van der Waals surface area contributed by atoms with Crippen molar-refractivity contribution < 1.29 is 9.18 Å². The first-order chi connectivity index (χ1) is 12.4. The Bertz CT molecular complexity index is 1040. The zero-order valence-electron chi connectivity index (χ0n) is 15.3. The Balaban J connectivity index is 1.82. The van der Waals surface area contributed by atoms with Crippen LogP contribution in [-0.4, -0.2) is 17.4 Å². The lowest BCUT2D eigenvalue weighted by Crippen LogP contribution is -2.36. The van der Waals surface area contributed by atoms with Crippen molar-refractivity contribution in [3.63, 3.8) is 0 Å². The van der Waals surface area contributed by atoms with E-state index >= 15 is 0 Å². The highest BCUT2D eigenvalue weighted by atomic mass is 19.1. The summed E-state index contributed by atoms with van der Waals surface area (Å²) in [6.45, 7) is 6.25. The molecule has 0 N–H and O–H groups in total. The predicted molar refractivity (Wildman–Crippen MR) is 102 cm³/mol. The van der Waals surface area contributed by atoms with Gasteiger partial charge in [-0.1, -0.05) is 17.7 Å². The summed E-state index contributed by atoms with van der Waals surface area (Å²) < 4.78 is 14.7. The van der Waals surface area contributed by atoms with Gasteiger partial charge in [0.15, 0.2) is 0 Å². The molecule has 26 heavy (non-hydrogen) atoms. The van der Waals surface area contributed by atoms with Crippen molar-refractivity contribution in [1.82, 2.24) is 4.98 Å². The van der Waals surface area contributed by atoms with E-state index in [2.05, 4.69) is 4.98 Å². The molecule has 1 aliphatic heterocycles. The summed E-state index contributed by atoms with van der Waals surface area (Å²) in [5.74, 6) is -0.502. The van der Waals surface area contributed by atoms with Crippen LogP contribution in [0.4, 0.5) is 10.1 Å². The van der Waals surface area contributed by atoms with Crippen LogP contribution in [0.1, 0.15) is 39.2 Å². The standard InChI is InChI=1S/C22H21FN2O/c1-13-6-7-20-17(9-13)12-18(15(3)24-20)22(26)25-8-4-5-16-10-14(2)11-19(23)21(16)25/h6-7,9-12H,4-5,8H2,1-3H3. The van der Waals surface area contributed by atoms with Gasteiger partial charge in [0.1, 0.15) is 5.82 Å². The lowest BCUT2D eigenvalue weighted by atomic mass is 9.97. The normalized spacial score (nSPS) is 13.8. The first-order valence-corrected chi connectivity index (χ1v) is 8.93. The van der Waals surface area contributed by atoms with Crippen LogP contribution in [0.15, 0.2) is 36.4 Å². The average Bonchev–Trinajstić information content (AvgIpc) is 2.60. The largest absolute Gasteiger partial charge is 0.305 e. The zero-order valence-corrected chi connectivity index (χ0v) is 15.3. The highest BCUT2D eigenvalue weighted by Gasteiger charge is 2.28. The highest BCUT2D eigenvalue weighted by molar-refractivity contribution is 6.09. The van der Waals surface area contributed by atoms with Gasteiger partial charge in [-0.3, -0.25) is 9.78 Å². The lowest BCUT2D eigenvalue weighted by molar-refractivity contribution is 0.0983. The molecule has 2 heterocycles. The third-order valence-corrected chi connectivity index (χ3v) is 5.02. The summed E-state index contributed by atoms with van der Waals surface area (Å²) in [7, 11) is 0. The highest BCUT2D eigenvalue weighted by Crippen LogP contribution is 2.33. The van der Waals surface area contributed by atoms with Gasteiger partial charge in [0.2, 0.25) is 0 Å². The number of pyridine rings is 1. The van der Waals surface area contributed by atoms with Gasteiger partial charge in [-0.15, -0.1) is 0 Å². The zero-order chi connectivity index (χ0) is 18.4. The maximum Gasteiger partial charge on any atom is 0.260 e. The monoisotopic (exact) mass is 348 g/mol. The Morgan fingerprint density at radius 3 is 2.69 bits per heavy atom. The van der Waals surface area contributed by atoms with Crippen molar-refractivity contribution >= 4 is 22.5 Å². The number of carbonyl (C=O) groups is 1. The van der Waals surface area contributed by atoms with Crippen LogP contribution >= 0.6 is 0 Å². The second-order valence-corrected chi connectivity index (χ2v) is 7.13. The van der Waals surface area contributed by atoms with E-state index in [9.17, 15) is 9.18 Å². The Kier molecular flexibility index (Phi) is 3.98. The summed E-state index contributed by atoms with van der Waals surface area (Å²) >= 11 is 0. The molecule has 0 saturated heterocycles. The van der Waals surface area contributed by atoms with Crippen molar-refractivity contribution in [3.05, 3.63) is 70.2 Å². The molecule has 0 saturated carbocycles. The summed E-state index contributed by atoms with van der Waals surface area (Å²) in [4.78, 5) is 19.4.